The van der Waals surface area contributed by atoms with Crippen molar-refractivity contribution in [3.8, 4) is 0 Å². The first-order valence-corrected chi connectivity index (χ1v) is 17.3. The van der Waals surface area contributed by atoms with Gasteiger partial charge in [0.25, 0.3) is 17.5 Å². The maximum Gasteiger partial charge on any atom is 0.326 e. The van der Waals surface area contributed by atoms with Crippen molar-refractivity contribution in [1.29, 1.82) is 0 Å². The van der Waals surface area contributed by atoms with Gasteiger partial charge in [0.05, 0.1) is 22.2 Å². The molecule has 0 radical (unpaired) electrons. The Kier molecular flexibility index (Phi) is 10.1. The molecule has 6 rings (SSSR count). The number of aryl methyl sites for hydroxylation is 2. The smallest absolute Gasteiger partial charge is 0.326 e. The van der Waals surface area contributed by atoms with Gasteiger partial charge in [-0.05, 0) is 58.1 Å². The van der Waals surface area contributed by atoms with Gasteiger partial charge in [0.2, 0.25) is 17.7 Å². The van der Waals surface area contributed by atoms with Gasteiger partial charge in [0.15, 0.2) is 0 Å². The number of nitrogens with one attached hydrogen (secondary N) is 4. The van der Waals surface area contributed by atoms with Gasteiger partial charge in [0.1, 0.15) is 18.1 Å². The Balaban J connectivity index is 1.30. The average Bonchev–Trinajstić information content (AvgIpc) is 3.81. The van der Waals surface area contributed by atoms with Crippen LogP contribution in [0.15, 0.2) is 40.2 Å². The molecule has 5 N–H and O–H groups in total. The van der Waals surface area contributed by atoms with Crippen molar-refractivity contribution in [3.05, 3.63) is 58.2 Å². The zero-order valence-electron chi connectivity index (χ0n) is 27.5. The molecule has 0 saturated carbocycles. The summed E-state index contributed by atoms with van der Waals surface area (Å²) in [7, 11) is 0. The number of aliphatic carboxylic acids is 1. The van der Waals surface area contributed by atoms with Crippen molar-refractivity contribution in [3.63, 3.8) is 0 Å². The largest absolute Gasteiger partial charge is 0.480 e. The fourth-order valence-electron chi connectivity index (χ4n) is 6.53. The number of carbonyl (C=O) groups excluding carboxylic acids is 5. The van der Waals surface area contributed by atoms with Gasteiger partial charge in [0, 0.05) is 46.7 Å². The summed E-state index contributed by atoms with van der Waals surface area (Å²) in [6, 6.07) is 4.69. The quantitative estimate of drug-likeness (QED) is 0.204. The topological polar surface area (TPSA) is 213 Å². The highest BCUT2D eigenvalue weighted by Gasteiger charge is 2.43. The molecule has 4 atom stereocenters. The van der Waals surface area contributed by atoms with Crippen LogP contribution in [0.5, 0.6) is 0 Å². The van der Waals surface area contributed by atoms with E-state index in [1.165, 1.54) is 16.2 Å². The van der Waals surface area contributed by atoms with Gasteiger partial charge in [-0.1, -0.05) is 23.4 Å². The third-order valence-corrected chi connectivity index (χ3v) is 10.0. The second-order valence-corrected chi connectivity index (χ2v) is 13.5. The molecule has 2 saturated heterocycles. The molecular weight excluding hydrogens is 666 g/mol. The molecule has 5 amide bonds. The standard InChI is InChI=1S/C34H37N7O8S/c1-17-13-21(28-18(2)40-49-32(28)36-17)29(43)37-19-14-25-31(45)39-24(34(47)48)10-11-27(42)35-12-6-5-8-23(33(46)41(25)15-19)38-30(44)22-16-50-26-9-4-3-7-20(22)26/h3-4,7,9,13,16,19,23-25H,5-6,8,10-12,14-15H2,1-2H3,(H,35,42)(H,37,43)(H,38,44)(H,39,45)(H,47,48)/t19-,23+,24+,25+/m1/s1. The van der Waals surface area contributed by atoms with Crippen molar-refractivity contribution in [2.75, 3.05) is 13.1 Å². The molecule has 50 heavy (non-hydrogen) atoms. The van der Waals surface area contributed by atoms with Crippen LogP contribution in [-0.4, -0.2) is 92.9 Å². The van der Waals surface area contributed by atoms with Gasteiger partial charge in [-0.3, -0.25) is 24.0 Å². The summed E-state index contributed by atoms with van der Waals surface area (Å²) in [4.78, 5) is 85.6. The normalized spacial score (nSPS) is 22.3. The first-order valence-electron chi connectivity index (χ1n) is 16.4. The second kappa shape index (κ2) is 14.6. The highest BCUT2D eigenvalue weighted by molar-refractivity contribution is 7.17. The van der Waals surface area contributed by atoms with E-state index in [9.17, 15) is 33.9 Å². The number of carboxylic acid groups (broad SMARTS) is 1. The van der Waals surface area contributed by atoms with Crippen LogP contribution in [0.2, 0.25) is 0 Å². The lowest BCUT2D eigenvalue weighted by Crippen LogP contribution is -2.55. The Bertz CT molecular complexity index is 1990. The Hall–Kier alpha value is -5.38. The van der Waals surface area contributed by atoms with E-state index < -0.39 is 53.8 Å². The Morgan fingerprint density at radius 1 is 1.04 bits per heavy atom. The van der Waals surface area contributed by atoms with Crippen molar-refractivity contribution >= 4 is 68.0 Å². The molecule has 262 valence electrons. The number of carboxylic acids is 1. The second-order valence-electron chi connectivity index (χ2n) is 12.6. The lowest BCUT2D eigenvalue weighted by atomic mass is 10.1. The fourth-order valence-corrected chi connectivity index (χ4v) is 7.47. The SMILES string of the molecule is Cc1cc(C(=O)N[C@@H]2C[C@H]3C(=O)N[C@H](C(=O)O)CCC(=O)NCCCC[C@H](NC(=O)c4csc5ccccc45)C(=O)N3C2)c2c(C)noc2n1. The molecule has 2 aliphatic heterocycles. The molecule has 0 aliphatic carbocycles. The van der Waals surface area contributed by atoms with E-state index in [1.54, 1.807) is 25.3 Å². The Morgan fingerprint density at radius 3 is 2.62 bits per heavy atom. The van der Waals surface area contributed by atoms with Crippen LogP contribution in [0, 0.1) is 13.8 Å². The van der Waals surface area contributed by atoms with Crippen LogP contribution in [-0.2, 0) is 19.2 Å². The maximum absolute atomic E-state index is 14.4. The van der Waals surface area contributed by atoms with E-state index in [1.807, 2.05) is 24.3 Å². The summed E-state index contributed by atoms with van der Waals surface area (Å²) in [6.07, 6.45) is 0.857. The van der Waals surface area contributed by atoms with E-state index in [0.717, 1.165) is 10.1 Å². The number of aromatic nitrogens is 2. The van der Waals surface area contributed by atoms with Crippen LogP contribution in [0.3, 0.4) is 0 Å². The van der Waals surface area contributed by atoms with Crippen molar-refractivity contribution in [2.24, 2.45) is 0 Å². The highest BCUT2D eigenvalue weighted by atomic mass is 32.1. The molecule has 15 nitrogen and oxygen atoms in total. The number of benzene rings is 1. The van der Waals surface area contributed by atoms with E-state index in [-0.39, 0.29) is 49.4 Å². The molecule has 2 fully saturated rings. The third kappa shape index (κ3) is 7.29. The molecule has 0 unspecified atom stereocenters. The van der Waals surface area contributed by atoms with E-state index in [4.69, 9.17) is 4.52 Å². The average molecular weight is 704 g/mol. The van der Waals surface area contributed by atoms with E-state index >= 15 is 0 Å². The minimum atomic E-state index is -1.39. The summed E-state index contributed by atoms with van der Waals surface area (Å²) in [5.41, 5.74) is 1.87. The summed E-state index contributed by atoms with van der Waals surface area (Å²) >= 11 is 1.40. The minimum absolute atomic E-state index is 0.0260. The number of fused-ring (bicyclic) bond motifs is 3. The molecule has 2 aliphatic rings. The number of amides is 5. The Morgan fingerprint density at radius 2 is 1.82 bits per heavy atom. The number of carbonyl (C=O) groups is 6. The molecule has 1 aromatic carbocycles. The number of rotatable bonds is 5. The number of hydrogen-bond acceptors (Lipinski definition) is 10. The van der Waals surface area contributed by atoms with Crippen LogP contribution in [0.4, 0.5) is 0 Å². The van der Waals surface area contributed by atoms with Crippen molar-refractivity contribution in [1.82, 2.24) is 36.3 Å². The number of nitrogens with zero attached hydrogens (tertiary/aromatic N) is 3. The maximum atomic E-state index is 14.4. The zero-order chi connectivity index (χ0) is 35.5. The van der Waals surface area contributed by atoms with Crippen LogP contribution < -0.4 is 21.3 Å². The highest BCUT2D eigenvalue weighted by Crippen LogP contribution is 2.27. The number of hydrogen-bond donors (Lipinski definition) is 5. The molecule has 3 aromatic heterocycles. The molecule has 16 heteroatoms. The van der Waals surface area contributed by atoms with Gasteiger partial charge in [-0.25, -0.2) is 9.78 Å². The summed E-state index contributed by atoms with van der Waals surface area (Å²) in [6.45, 7) is 3.61. The monoisotopic (exact) mass is 703 g/mol. The fraction of sp³-hybridized carbons (Fsp3) is 0.412. The van der Waals surface area contributed by atoms with Gasteiger partial charge in [-0.2, -0.15) is 0 Å². The zero-order valence-corrected chi connectivity index (χ0v) is 28.3. The van der Waals surface area contributed by atoms with Crippen molar-refractivity contribution in [2.45, 2.75) is 76.5 Å². The number of pyridine rings is 1. The number of thiophene rings is 1. The van der Waals surface area contributed by atoms with Gasteiger partial charge >= 0.3 is 5.97 Å². The van der Waals surface area contributed by atoms with Crippen LogP contribution in [0.25, 0.3) is 21.2 Å². The van der Waals surface area contributed by atoms with E-state index in [2.05, 4.69) is 31.4 Å². The predicted molar refractivity (Wildman–Crippen MR) is 181 cm³/mol. The third-order valence-electron chi connectivity index (χ3n) is 9.06. The summed E-state index contributed by atoms with van der Waals surface area (Å²) < 4.78 is 6.18. The predicted octanol–water partition coefficient (Wildman–Crippen LogP) is 2.20. The molecule has 4 aromatic rings. The first kappa shape index (κ1) is 34.5. The minimum Gasteiger partial charge on any atom is -0.480 e. The Labute approximate surface area is 290 Å². The first-order chi connectivity index (χ1) is 24.0. The van der Waals surface area contributed by atoms with Crippen LogP contribution in [0.1, 0.15) is 70.6 Å². The van der Waals surface area contributed by atoms with E-state index in [0.29, 0.717) is 41.7 Å². The lowest BCUT2D eigenvalue weighted by Gasteiger charge is -2.29. The van der Waals surface area contributed by atoms with Crippen molar-refractivity contribution < 1.29 is 38.4 Å². The summed E-state index contributed by atoms with van der Waals surface area (Å²) in [5, 5.41) is 27.7. The molecular formula is C34H37N7O8S. The summed E-state index contributed by atoms with van der Waals surface area (Å²) in [5.74, 6) is -3.92. The van der Waals surface area contributed by atoms with Gasteiger partial charge in [-0.15, -0.1) is 11.3 Å². The molecule has 0 spiro atoms. The lowest BCUT2D eigenvalue weighted by molar-refractivity contribution is -0.144. The van der Waals surface area contributed by atoms with Crippen LogP contribution >= 0.6 is 11.3 Å². The molecule has 0 bridgehead atoms. The molecule has 5 heterocycles. The van der Waals surface area contributed by atoms with Gasteiger partial charge < -0.3 is 35.8 Å².